The van der Waals surface area contributed by atoms with E-state index in [1.54, 1.807) is 0 Å². The fourth-order valence-corrected chi connectivity index (χ4v) is 1.83. The van der Waals surface area contributed by atoms with Crippen LogP contribution in [-0.4, -0.2) is 23.9 Å². The third-order valence-electron chi connectivity index (χ3n) is 2.78. The number of carbonyl (C=O) groups is 3. The smallest absolute Gasteiger partial charge is 0.347 e. The lowest BCUT2D eigenvalue weighted by molar-refractivity contribution is 0.0962. The number of Topliss-reactive ketones (excluding diaryl/α,β-unsaturated/α-hetero) is 3. The Labute approximate surface area is 121 Å². The van der Waals surface area contributed by atoms with Crippen molar-refractivity contribution in [1.29, 1.82) is 0 Å². The van der Waals surface area contributed by atoms with Gasteiger partial charge in [0.25, 0.3) is 0 Å². The van der Waals surface area contributed by atoms with Gasteiger partial charge in [0.05, 0.1) is 5.56 Å². The quantitative estimate of drug-likeness (QED) is 0.853. The molecule has 0 unspecified atom stereocenters. The van der Waals surface area contributed by atoms with Crippen molar-refractivity contribution in [3.05, 3.63) is 45.6 Å². The summed E-state index contributed by atoms with van der Waals surface area (Å²) >= 11 is 0. The molecule has 1 aliphatic rings. The molecule has 0 amide bonds. The number of carbonyl (C=O) groups excluding carboxylic acids is 3. The number of hydrogen-bond donors (Lipinski definition) is 1. The highest BCUT2D eigenvalue weighted by atomic mass is 16.4. The Morgan fingerprint density at radius 3 is 2.00 bits per heavy atom. The summed E-state index contributed by atoms with van der Waals surface area (Å²) in [5.74, 6) is -1.54. The molecule has 1 N–H and O–H groups in total. The Bertz CT molecular complexity index is 649. The molecule has 0 aliphatic carbocycles. The van der Waals surface area contributed by atoms with Crippen LogP contribution in [0.1, 0.15) is 58.3 Å². The number of rotatable bonds is 3. The van der Waals surface area contributed by atoms with Crippen molar-refractivity contribution in [2.75, 3.05) is 6.54 Å². The van der Waals surface area contributed by atoms with Crippen molar-refractivity contribution in [3.63, 3.8) is 0 Å². The third-order valence-corrected chi connectivity index (χ3v) is 2.78. The van der Waals surface area contributed by atoms with E-state index in [0.717, 1.165) is 19.7 Å². The van der Waals surface area contributed by atoms with Crippen molar-refractivity contribution >= 4 is 17.3 Å². The van der Waals surface area contributed by atoms with E-state index < -0.39 is 23.0 Å². The minimum atomic E-state index is -0.900. The predicted octanol–water partition coefficient (Wildman–Crippen LogP) is 1.74. The first kappa shape index (κ1) is 16.6. The van der Waals surface area contributed by atoms with Crippen LogP contribution in [-0.2, 0) is 0 Å². The van der Waals surface area contributed by atoms with Gasteiger partial charge in [-0.2, -0.15) is 0 Å². The van der Waals surface area contributed by atoms with E-state index in [4.69, 9.17) is 0 Å². The molecule has 0 aromatic carbocycles. The van der Waals surface area contributed by atoms with Gasteiger partial charge < -0.3 is 9.73 Å². The van der Waals surface area contributed by atoms with Crippen molar-refractivity contribution in [2.24, 2.45) is 0 Å². The van der Waals surface area contributed by atoms with Crippen molar-refractivity contribution in [2.45, 2.75) is 27.2 Å². The van der Waals surface area contributed by atoms with Crippen LogP contribution in [0.15, 0.2) is 27.8 Å². The van der Waals surface area contributed by atoms with E-state index in [2.05, 4.69) is 15.8 Å². The van der Waals surface area contributed by atoms with Gasteiger partial charge in [0, 0.05) is 12.1 Å². The van der Waals surface area contributed by atoms with Gasteiger partial charge in [-0.05, 0) is 33.4 Å². The molecular weight excluding hydrogens is 274 g/mol. The summed E-state index contributed by atoms with van der Waals surface area (Å²) < 4.78 is 4.55. The van der Waals surface area contributed by atoms with Gasteiger partial charge in [0.15, 0.2) is 17.3 Å². The number of nitrogens with one attached hydrogen (secondary N) is 1. The minimum Gasteiger partial charge on any atom is -0.430 e. The molecule has 0 fully saturated rings. The summed E-state index contributed by atoms with van der Waals surface area (Å²) in [6.45, 7) is 4.70. The van der Waals surface area contributed by atoms with Gasteiger partial charge in [-0.1, -0.05) is 6.08 Å². The van der Waals surface area contributed by atoms with Crippen molar-refractivity contribution < 1.29 is 18.8 Å². The molecule has 2 rings (SSSR count). The lowest BCUT2D eigenvalue weighted by atomic mass is 9.97. The molecule has 1 aromatic heterocycles. The molecule has 0 bridgehead atoms. The van der Waals surface area contributed by atoms with Crippen LogP contribution in [0.3, 0.4) is 0 Å². The SMILES string of the molecule is C1=CNCC1.CC(=O)c1coc(=O)c(C(C)=O)c1C(C)=O. The summed E-state index contributed by atoms with van der Waals surface area (Å²) in [4.78, 5) is 45.1. The van der Waals surface area contributed by atoms with Gasteiger partial charge in [-0.25, -0.2) is 4.79 Å². The van der Waals surface area contributed by atoms with E-state index >= 15 is 0 Å². The second-order valence-electron chi connectivity index (χ2n) is 4.50. The van der Waals surface area contributed by atoms with E-state index in [1.807, 2.05) is 6.20 Å². The zero-order chi connectivity index (χ0) is 16.0. The Balaban J connectivity index is 0.000000369. The molecule has 21 heavy (non-hydrogen) atoms. The minimum absolute atomic E-state index is 0.0442. The molecule has 0 radical (unpaired) electrons. The molecule has 6 nitrogen and oxygen atoms in total. The highest BCUT2D eigenvalue weighted by Crippen LogP contribution is 2.13. The molecule has 0 spiro atoms. The Hall–Kier alpha value is -2.50. The second-order valence-corrected chi connectivity index (χ2v) is 4.50. The summed E-state index contributed by atoms with van der Waals surface area (Å²) in [6.07, 6.45) is 6.23. The topological polar surface area (TPSA) is 93.4 Å². The van der Waals surface area contributed by atoms with Crippen LogP contribution in [0, 0.1) is 0 Å². The molecule has 2 heterocycles. The van der Waals surface area contributed by atoms with Gasteiger partial charge in [-0.3, -0.25) is 14.4 Å². The fraction of sp³-hybridized carbons (Fsp3) is 0.333. The molecular formula is C15H17NO5. The Kier molecular flexibility index (Phi) is 5.78. The highest BCUT2D eigenvalue weighted by molar-refractivity contribution is 6.13. The molecule has 1 aromatic rings. The molecule has 0 saturated carbocycles. The average Bonchev–Trinajstić information content (AvgIpc) is 2.96. The lowest BCUT2D eigenvalue weighted by Gasteiger charge is -2.05. The Morgan fingerprint density at radius 2 is 1.67 bits per heavy atom. The molecule has 0 atom stereocenters. The van der Waals surface area contributed by atoms with Gasteiger partial charge in [-0.15, -0.1) is 0 Å². The first-order valence-electron chi connectivity index (χ1n) is 6.43. The summed E-state index contributed by atoms with van der Waals surface area (Å²) in [5.41, 5.74) is -1.46. The van der Waals surface area contributed by atoms with Crippen LogP contribution < -0.4 is 10.9 Å². The maximum Gasteiger partial charge on any atom is 0.347 e. The molecule has 1 aliphatic heterocycles. The van der Waals surface area contributed by atoms with Crippen LogP contribution in [0.5, 0.6) is 0 Å². The summed E-state index contributed by atoms with van der Waals surface area (Å²) in [6, 6.07) is 0. The zero-order valence-corrected chi connectivity index (χ0v) is 12.2. The molecule has 6 heteroatoms. The first-order chi connectivity index (χ1) is 9.86. The monoisotopic (exact) mass is 291 g/mol. The maximum absolute atomic E-state index is 11.4. The van der Waals surface area contributed by atoms with Crippen LogP contribution in [0.4, 0.5) is 0 Å². The van der Waals surface area contributed by atoms with Gasteiger partial charge in [0.2, 0.25) is 0 Å². The van der Waals surface area contributed by atoms with E-state index in [1.165, 1.54) is 20.3 Å². The molecule has 0 saturated heterocycles. The number of hydrogen-bond acceptors (Lipinski definition) is 6. The largest absolute Gasteiger partial charge is 0.430 e. The van der Waals surface area contributed by atoms with Crippen molar-refractivity contribution in [3.8, 4) is 0 Å². The van der Waals surface area contributed by atoms with Crippen LogP contribution in [0.25, 0.3) is 0 Å². The fourth-order valence-electron chi connectivity index (χ4n) is 1.83. The molecule has 112 valence electrons. The van der Waals surface area contributed by atoms with E-state index in [0.29, 0.717) is 0 Å². The highest BCUT2D eigenvalue weighted by Gasteiger charge is 2.23. The maximum atomic E-state index is 11.4. The second kappa shape index (κ2) is 7.33. The van der Waals surface area contributed by atoms with Crippen LogP contribution >= 0.6 is 0 Å². The number of ketones is 3. The summed E-state index contributed by atoms with van der Waals surface area (Å²) in [7, 11) is 0. The average molecular weight is 291 g/mol. The normalized spacial score (nSPS) is 12.1. The van der Waals surface area contributed by atoms with Crippen molar-refractivity contribution in [1.82, 2.24) is 5.32 Å². The third kappa shape index (κ3) is 4.24. The van der Waals surface area contributed by atoms with E-state index in [9.17, 15) is 19.2 Å². The predicted molar refractivity (Wildman–Crippen MR) is 76.8 cm³/mol. The van der Waals surface area contributed by atoms with Crippen LogP contribution in [0.2, 0.25) is 0 Å². The van der Waals surface area contributed by atoms with Gasteiger partial charge in [0.1, 0.15) is 11.8 Å². The Morgan fingerprint density at radius 1 is 1.05 bits per heavy atom. The van der Waals surface area contributed by atoms with Gasteiger partial charge >= 0.3 is 5.63 Å². The first-order valence-corrected chi connectivity index (χ1v) is 6.43. The summed E-state index contributed by atoms with van der Waals surface area (Å²) in [5, 5.41) is 3.04. The van der Waals surface area contributed by atoms with E-state index in [-0.39, 0.29) is 16.7 Å². The lowest BCUT2D eigenvalue weighted by Crippen LogP contribution is -2.20. The standard InChI is InChI=1S/C11H10O5.C4H7N/c1-5(12)8-4-16-11(15)10(7(3)14)9(8)6(2)13;1-2-4-5-3-1/h4H,1-3H3;1,3,5H,2,4H2. The zero-order valence-electron chi connectivity index (χ0n) is 12.2.